The third-order valence-electron chi connectivity index (χ3n) is 2.98. The molecule has 23 heavy (non-hydrogen) atoms. The predicted molar refractivity (Wildman–Crippen MR) is 88.8 cm³/mol. The minimum Gasteiger partial charge on any atom is -0.385 e. The van der Waals surface area contributed by atoms with Crippen LogP contribution in [0.5, 0.6) is 0 Å². The van der Waals surface area contributed by atoms with Crippen molar-refractivity contribution >= 4 is 21.4 Å². The van der Waals surface area contributed by atoms with Gasteiger partial charge in [-0.1, -0.05) is 29.8 Å². The van der Waals surface area contributed by atoms with E-state index < -0.39 is 9.84 Å². The fourth-order valence-corrected chi connectivity index (χ4v) is 3.15. The molecule has 0 aliphatic rings. The first kappa shape index (κ1) is 17.0. The average molecular weight is 348 g/mol. The monoisotopic (exact) mass is 347 g/mol. The summed E-state index contributed by atoms with van der Waals surface area (Å²) in [5, 5.41) is 12.5. The van der Waals surface area contributed by atoms with Gasteiger partial charge in [0.05, 0.1) is 5.75 Å². The SMILES string of the molecule is N#CC(=CNCc1cccnc1)S(=O)(=O)Cc1ccc(Cl)cc1. The predicted octanol–water partition coefficient (Wildman–Crippen LogP) is 2.80. The molecule has 1 heterocycles. The van der Waals surface area contributed by atoms with Crippen LogP contribution < -0.4 is 5.32 Å². The molecule has 0 amide bonds. The summed E-state index contributed by atoms with van der Waals surface area (Å²) in [5.41, 5.74) is 1.46. The lowest BCUT2D eigenvalue weighted by Crippen LogP contribution is -2.12. The number of nitrogens with one attached hydrogen (secondary N) is 1. The summed E-state index contributed by atoms with van der Waals surface area (Å²) < 4.78 is 24.6. The fourth-order valence-electron chi connectivity index (χ4n) is 1.83. The minimum absolute atomic E-state index is 0.252. The number of sulfone groups is 1. The first-order chi connectivity index (χ1) is 11.0. The summed E-state index contributed by atoms with van der Waals surface area (Å²) in [4.78, 5) is 3.65. The Morgan fingerprint density at radius 1 is 1.26 bits per heavy atom. The van der Waals surface area contributed by atoms with Gasteiger partial charge in [0.25, 0.3) is 0 Å². The summed E-state index contributed by atoms with van der Waals surface area (Å²) in [6.45, 7) is 0.384. The van der Waals surface area contributed by atoms with Crippen LogP contribution in [0.2, 0.25) is 5.02 Å². The highest BCUT2D eigenvalue weighted by Gasteiger charge is 2.18. The molecular formula is C16H14ClN3O2S. The lowest BCUT2D eigenvalue weighted by Gasteiger charge is -2.05. The zero-order valence-corrected chi connectivity index (χ0v) is 13.7. The molecule has 118 valence electrons. The number of nitrogens with zero attached hydrogens (tertiary/aromatic N) is 2. The van der Waals surface area contributed by atoms with E-state index in [1.807, 2.05) is 6.07 Å². The van der Waals surface area contributed by atoms with Crippen molar-refractivity contribution in [3.05, 3.63) is 76.0 Å². The second-order valence-electron chi connectivity index (χ2n) is 4.75. The molecule has 0 saturated heterocycles. The number of benzene rings is 1. The van der Waals surface area contributed by atoms with E-state index in [0.29, 0.717) is 17.1 Å². The number of pyridine rings is 1. The van der Waals surface area contributed by atoms with E-state index >= 15 is 0 Å². The molecule has 7 heteroatoms. The Balaban J connectivity index is 2.07. The van der Waals surface area contributed by atoms with Crippen LogP contribution in [-0.4, -0.2) is 13.4 Å². The van der Waals surface area contributed by atoms with Gasteiger partial charge in [-0.15, -0.1) is 0 Å². The largest absolute Gasteiger partial charge is 0.385 e. The molecule has 0 saturated carbocycles. The van der Waals surface area contributed by atoms with Gasteiger partial charge >= 0.3 is 0 Å². The molecule has 0 spiro atoms. The number of hydrogen-bond donors (Lipinski definition) is 1. The van der Waals surface area contributed by atoms with Gasteiger partial charge in [-0.05, 0) is 29.3 Å². The quantitative estimate of drug-likeness (QED) is 0.812. The van der Waals surface area contributed by atoms with Crippen molar-refractivity contribution in [3.63, 3.8) is 0 Å². The van der Waals surface area contributed by atoms with Crippen molar-refractivity contribution in [2.45, 2.75) is 12.3 Å². The van der Waals surface area contributed by atoms with Gasteiger partial charge in [0.15, 0.2) is 14.7 Å². The third-order valence-corrected chi connectivity index (χ3v) is 4.82. The smallest absolute Gasteiger partial charge is 0.193 e. The zero-order chi connectivity index (χ0) is 16.7. The first-order valence-electron chi connectivity index (χ1n) is 6.71. The molecule has 1 aromatic carbocycles. The minimum atomic E-state index is -3.71. The number of allylic oxidation sites excluding steroid dienone is 1. The highest BCUT2D eigenvalue weighted by atomic mass is 35.5. The van der Waals surface area contributed by atoms with E-state index in [-0.39, 0.29) is 10.7 Å². The maximum absolute atomic E-state index is 12.3. The summed E-state index contributed by atoms with van der Waals surface area (Å²) in [6, 6.07) is 11.8. The Bertz CT molecular complexity index is 826. The Labute approximate surface area is 140 Å². The number of halogens is 1. The molecule has 0 aliphatic carbocycles. The molecule has 0 radical (unpaired) electrons. The molecule has 0 fully saturated rings. The number of nitriles is 1. The summed E-state index contributed by atoms with van der Waals surface area (Å²) >= 11 is 5.77. The van der Waals surface area contributed by atoms with Crippen molar-refractivity contribution < 1.29 is 8.42 Å². The molecule has 1 aromatic heterocycles. The van der Waals surface area contributed by atoms with E-state index in [2.05, 4.69) is 10.3 Å². The Morgan fingerprint density at radius 2 is 2.00 bits per heavy atom. The molecule has 0 unspecified atom stereocenters. The summed E-state index contributed by atoms with van der Waals surface area (Å²) in [7, 11) is -3.71. The van der Waals surface area contributed by atoms with E-state index in [1.165, 1.54) is 6.20 Å². The van der Waals surface area contributed by atoms with Crippen LogP contribution in [0, 0.1) is 11.3 Å². The molecule has 1 N–H and O–H groups in total. The van der Waals surface area contributed by atoms with Crippen LogP contribution in [-0.2, 0) is 22.1 Å². The summed E-state index contributed by atoms with van der Waals surface area (Å²) in [5.74, 6) is -0.252. The standard InChI is InChI=1S/C16H14ClN3O2S/c17-15-5-3-13(4-6-15)12-23(21,22)16(8-18)11-20-10-14-2-1-7-19-9-14/h1-7,9,11,20H,10,12H2. The van der Waals surface area contributed by atoms with Gasteiger partial charge in [0.2, 0.25) is 0 Å². The number of hydrogen-bond acceptors (Lipinski definition) is 5. The lowest BCUT2D eigenvalue weighted by atomic mass is 10.2. The molecule has 0 bridgehead atoms. The van der Waals surface area contributed by atoms with Gasteiger partial charge < -0.3 is 5.32 Å². The van der Waals surface area contributed by atoms with Crippen LogP contribution in [0.3, 0.4) is 0 Å². The number of rotatable bonds is 6. The van der Waals surface area contributed by atoms with Crippen molar-refractivity contribution in [1.82, 2.24) is 10.3 Å². The fraction of sp³-hybridized carbons (Fsp3) is 0.125. The highest BCUT2D eigenvalue weighted by Crippen LogP contribution is 2.16. The number of aromatic nitrogens is 1. The second-order valence-corrected chi connectivity index (χ2v) is 7.14. The van der Waals surface area contributed by atoms with Crippen LogP contribution in [0.4, 0.5) is 0 Å². The first-order valence-corrected chi connectivity index (χ1v) is 8.74. The van der Waals surface area contributed by atoms with Gasteiger partial charge in [-0.3, -0.25) is 4.98 Å². The molecule has 0 aliphatic heterocycles. The summed E-state index contributed by atoms with van der Waals surface area (Å²) in [6.07, 6.45) is 4.53. The lowest BCUT2D eigenvalue weighted by molar-refractivity contribution is 0.602. The van der Waals surface area contributed by atoms with Crippen molar-refractivity contribution in [2.75, 3.05) is 0 Å². The molecule has 5 nitrogen and oxygen atoms in total. The Morgan fingerprint density at radius 3 is 2.61 bits per heavy atom. The third kappa shape index (κ3) is 5.09. The van der Waals surface area contributed by atoms with E-state index in [1.54, 1.807) is 48.8 Å². The van der Waals surface area contributed by atoms with Crippen LogP contribution in [0.1, 0.15) is 11.1 Å². The maximum atomic E-state index is 12.3. The van der Waals surface area contributed by atoms with Crippen molar-refractivity contribution in [3.8, 4) is 6.07 Å². The van der Waals surface area contributed by atoms with E-state index in [4.69, 9.17) is 16.9 Å². The van der Waals surface area contributed by atoms with Crippen molar-refractivity contribution in [2.24, 2.45) is 0 Å². The van der Waals surface area contributed by atoms with Crippen LogP contribution in [0.15, 0.2) is 59.9 Å². The molecule has 2 aromatic rings. The maximum Gasteiger partial charge on any atom is 0.193 e. The van der Waals surface area contributed by atoms with E-state index in [9.17, 15) is 8.42 Å². The molecular weight excluding hydrogens is 334 g/mol. The van der Waals surface area contributed by atoms with Gasteiger partial charge in [-0.25, -0.2) is 8.42 Å². The highest BCUT2D eigenvalue weighted by molar-refractivity contribution is 7.94. The van der Waals surface area contributed by atoms with Gasteiger partial charge in [0, 0.05) is 30.2 Å². The normalized spacial score (nSPS) is 11.7. The molecule has 2 rings (SSSR count). The molecule has 0 atom stereocenters. The van der Waals surface area contributed by atoms with Crippen LogP contribution >= 0.6 is 11.6 Å². The van der Waals surface area contributed by atoms with Crippen molar-refractivity contribution in [1.29, 1.82) is 5.26 Å². The average Bonchev–Trinajstić information content (AvgIpc) is 2.54. The van der Waals surface area contributed by atoms with E-state index in [0.717, 1.165) is 5.56 Å². The zero-order valence-electron chi connectivity index (χ0n) is 12.1. The Kier molecular flexibility index (Phi) is 5.74. The van der Waals surface area contributed by atoms with Gasteiger partial charge in [0.1, 0.15) is 6.07 Å². The van der Waals surface area contributed by atoms with Crippen LogP contribution in [0.25, 0.3) is 0 Å². The second kappa shape index (κ2) is 7.77. The van der Waals surface area contributed by atoms with Gasteiger partial charge in [-0.2, -0.15) is 5.26 Å². The Hall–Kier alpha value is -2.36. The topological polar surface area (TPSA) is 82.8 Å².